The maximum atomic E-state index is 14.0. The molecule has 1 aromatic carbocycles. The summed E-state index contributed by atoms with van der Waals surface area (Å²) in [4.78, 5) is 11.4. The van der Waals surface area contributed by atoms with E-state index in [9.17, 15) is 9.18 Å². The molecule has 1 atom stereocenters. The van der Waals surface area contributed by atoms with Gasteiger partial charge in [0.25, 0.3) is 5.91 Å². The molecule has 0 aliphatic heterocycles. The Labute approximate surface area is 127 Å². The van der Waals surface area contributed by atoms with Gasteiger partial charge in [-0.2, -0.15) is 0 Å². The van der Waals surface area contributed by atoms with Crippen molar-refractivity contribution in [2.75, 3.05) is 19.5 Å². The second kappa shape index (κ2) is 6.84. The van der Waals surface area contributed by atoms with Gasteiger partial charge in [-0.15, -0.1) is 10.2 Å². The van der Waals surface area contributed by atoms with Crippen LogP contribution in [0.5, 0.6) is 5.75 Å². The first-order chi connectivity index (χ1) is 10.6. The molecule has 22 heavy (non-hydrogen) atoms. The lowest BCUT2D eigenvalue weighted by atomic mass is 10.1. The van der Waals surface area contributed by atoms with Gasteiger partial charge >= 0.3 is 0 Å². The van der Waals surface area contributed by atoms with Gasteiger partial charge in [-0.25, -0.2) is 4.39 Å². The second-order valence-electron chi connectivity index (χ2n) is 4.60. The molecular formula is C15H17FN4O2. The average Bonchev–Trinajstić information content (AvgIpc) is 2.54. The van der Waals surface area contributed by atoms with Crippen molar-refractivity contribution in [3.05, 3.63) is 47.4 Å². The lowest BCUT2D eigenvalue weighted by Crippen LogP contribution is -2.20. The summed E-state index contributed by atoms with van der Waals surface area (Å²) in [5.74, 6) is 0.206. The molecule has 0 saturated heterocycles. The molecule has 2 aromatic rings. The Balaban J connectivity index is 2.19. The Morgan fingerprint density at radius 1 is 1.27 bits per heavy atom. The van der Waals surface area contributed by atoms with E-state index in [1.807, 2.05) is 0 Å². The summed E-state index contributed by atoms with van der Waals surface area (Å²) in [6, 6.07) is 7.42. The van der Waals surface area contributed by atoms with Gasteiger partial charge < -0.3 is 15.4 Å². The second-order valence-corrected chi connectivity index (χ2v) is 4.60. The highest BCUT2D eigenvalue weighted by molar-refractivity contribution is 5.91. The number of benzene rings is 1. The van der Waals surface area contributed by atoms with Crippen molar-refractivity contribution in [2.24, 2.45) is 0 Å². The number of aromatic nitrogens is 2. The van der Waals surface area contributed by atoms with Gasteiger partial charge in [0, 0.05) is 7.05 Å². The molecule has 116 valence electrons. The summed E-state index contributed by atoms with van der Waals surface area (Å²) in [5.41, 5.74) is 0.617. The SMILES string of the molecule is CNC(=O)c1ccc(NC(C)c2c(F)cccc2OC)nn1. The van der Waals surface area contributed by atoms with Crippen LogP contribution in [-0.2, 0) is 0 Å². The zero-order chi connectivity index (χ0) is 16.1. The van der Waals surface area contributed by atoms with E-state index in [0.29, 0.717) is 17.1 Å². The predicted molar refractivity (Wildman–Crippen MR) is 80.4 cm³/mol. The molecule has 0 bridgehead atoms. The number of ether oxygens (including phenoxy) is 1. The van der Waals surface area contributed by atoms with Gasteiger partial charge in [0.15, 0.2) is 5.69 Å². The molecule has 0 aliphatic carbocycles. The van der Waals surface area contributed by atoms with Crippen LogP contribution in [0.2, 0.25) is 0 Å². The third-order valence-electron chi connectivity index (χ3n) is 3.15. The van der Waals surface area contributed by atoms with E-state index < -0.39 is 0 Å². The van der Waals surface area contributed by atoms with Gasteiger partial charge in [0.1, 0.15) is 17.4 Å². The van der Waals surface area contributed by atoms with Crippen molar-refractivity contribution in [2.45, 2.75) is 13.0 Å². The minimum atomic E-state index is -0.378. The number of carbonyl (C=O) groups excluding carboxylic acids is 1. The number of amides is 1. The van der Waals surface area contributed by atoms with E-state index in [1.54, 1.807) is 31.2 Å². The smallest absolute Gasteiger partial charge is 0.271 e. The van der Waals surface area contributed by atoms with E-state index in [1.165, 1.54) is 20.2 Å². The summed E-state index contributed by atoms with van der Waals surface area (Å²) < 4.78 is 19.2. The third-order valence-corrected chi connectivity index (χ3v) is 3.15. The number of rotatable bonds is 5. The zero-order valence-electron chi connectivity index (χ0n) is 12.6. The molecular weight excluding hydrogens is 287 g/mol. The third kappa shape index (κ3) is 3.30. The number of methoxy groups -OCH3 is 1. The van der Waals surface area contributed by atoms with Crippen molar-refractivity contribution < 1.29 is 13.9 Å². The lowest BCUT2D eigenvalue weighted by Gasteiger charge is -2.18. The maximum absolute atomic E-state index is 14.0. The van der Waals surface area contributed by atoms with Gasteiger partial charge in [-0.05, 0) is 31.2 Å². The van der Waals surface area contributed by atoms with Crippen LogP contribution in [0.25, 0.3) is 0 Å². The van der Waals surface area contributed by atoms with Gasteiger partial charge in [-0.1, -0.05) is 6.07 Å². The van der Waals surface area contributed by atoms with Crippen molar-refractivity contribution in [1.82, 2.24) is 15.5 Å². The quantitative estimate of drug-likeness (QED) is 0.885. The molecule has 1 aromatic heterocycles. The molecule has 0 fully saturated rings. The molecule has 1 amide bonds. The summed E-state index contributed by atoms with van der Waals surface area (Å²) >= 11 is 0. The molecule has 0 aliphatic rings. The average molecular weight is 304 g/mol. The topological polar surface area (TPSA) is 76.1 Å². The number of nitrogens with one attached hydrogen (secondary N) is 2. The van der Waals surface area contributed by atoms with E-state index in [0.717, 1.165) is 0 Å². The van der Waals surface area contributed by atoms with E-state index in [2.05, 4.69) is 20.8 Å². The molecule has 0 radical (unpaired) electrons. The number of hydrogen-bond acceptors (Lipinski definition) is 5. The lowest BCUT2D eigenvalue weighted by molar-refractivity contribution is 0.0957. The van der Waals surface area contributed by atoms with Crippen LogP contribution in [0, 0.1) is 5.82 Å². The van der Waals surface area contributed by atoms with Crippen molar-refractivity contribution in [3.63, 3.8) is 0 Å². The highest BCUT2D eigenvalue weighted by Crippen LogP contribution is 2.29. The van der Waals surface area contributed by atoms with Crippen LogP contribution in [-0.4, -0.2) is 30.3 Å². The largest absolute Gasteiger partial charge is 0.496 e. The number of carbonyl (C=O) groups is 1. The van der Waals surface area contributed by atoms with Gasteiger partial charge in [0.2, 0.25) is 0 Å². The molecule has 0 spiro atoms. The predicted octanol–water partition coefficient (Wildman–Crippen LogP) is 2.16. The first-order valence-electron chi connectivity index (χ1n) is 6.71. The Morgan fingerprint density at radius 2 is 2.05 bits per heavy atom. The van der Waals surface area contributed by atoms with E-state index in [4.69, 9.17) is 4.74 Å². The summed E-state index contributed by atoms with van der Waals surface area (Å²) in [5, 5.41) is 13.2. The minimum Gasteiger partial charge on any atom is -0.496 e. The van der Waals surface area contributed by atoms with Crippen LogP contribution < -0.4 is 15.4 Å². The molecule has 0 saturated carbocycles. The Kier molecular flexibility index (Phi) is 4.88. The number of anilines is 1. The maximum Gasteiger partial charge on any atom is 0.271 e. The molecule has 1 unspecified atom stereocenters. The van der Waals surface area contributed by atoms with Crippen molar-refractivity contribution in [3.8, 4) is 5.75 Å². The first-order valence-corrected chi connectivity index (χ1v) is 6.71. The van der Waals surface area contributed by atoms with Crippen LogP contribution in [0.3, 0.4) is 0 Å². The van der Waals surface area contributed by atoms with Gasteiger partial charge in [-0.3, -0.25) is 4.79 Å². The van der Waals surface area contributed by atoms with Crippen LogP contribution in [0.4, 0.5) is 10.2 Å². The Morgan fingerprint density at radius 3 is 2.64 bits per heavy atom. The fraction of sp³-hybridized carbons (Fsp3) is 0.267. The van der Waals surface area contributed by atoms with Gasteiger partial charge in [0.05, 0.1) is 18.7 Å². The summed E-state index contributed by atoms with van der Waals surface area (Å²) in [7, 11) is 3.01. The summed E-state index contributed by atoms with van der Waals surface area (Å²) in [6.07, 6.45) is 0. The highest BCUT2D eigenvalue weighted by atomic mass is 19.1. The molecule has 1 heterocycles. The monoisotopic (exact) mass is 304 g/mol. The summed E-state index contributed by atoms with van der Waals surface area (Å²) in [6.45, 7) is 1.79. The molecule has 2 rings (SSSR count). The molecule has 2 N–H and O–H groups in total. The first kappa shape index (κ1) is 15.7. The van der Waals surface area contributed by atoms with E-state index in [-0.39, 0.29) is 23.5 Å². The zero-order valence-corrected chi connectivity index (χ0v) is 12.6. The van der Waals surface area contributed by atoms with Crippen LogP contribution in [0.1, 0.15) is 29.0 Å². The number of hydrogen-bond donors (Lipinski definition) is 2. The fourth-order valence-corrected chi connectivity index (χ4v) is 2.07. The number of nitrogens with zero attached hydrogens (tertiary/aromatic N) is 2. The van der Waals surface area contributed by atoms with Crippen LogP contribution >= 0.6 is 0 Å². The van der Waals surface area contributed by atoms with E-state index >= 15 is 0 Å². The van der Waals surface area contributed by atoms with Crippen LogP contribution in [0.15, 0.2) is 30.3 Å². The normalized spacial score (nSPS) is 11.6. The minimum absolute atomic E-state index is 0.212. The Hall–Kier alpha value is -2.70. The Bertz CT molecular complexity index is 661. The highest BCUT2D eigenvalue weighted by Gasteiger charge is 2.17. The van der Waals surface area contributed by atoms with Crippen molar-refractivity contribution in [1.29, 1.82) is 0 Å². The van der Waals surface area contributed by atoms with Crippen molar-refractivity contribution >= 4 is 11.7 Å². The standard InChI is InChI=1S/C15H17FN4O2/c1-9(14-10(16)5-4-6-12(14)22-3)18-13-8-7-11(19-20-13)15(21)17-2/h4-9H,1-3H3,(H,17,21)(H,18,20). The fourth-order valence-electron chi connectivity index (χ4n) is 2.07. The molecule has 7 heteroatoms. The molecule has 6 nitrogen and oxygen atoms in total. The number of halogens is 1.